The first kappa shape index (κ1) is 30.6. The molecule has 0 aliphatic heterocycles. The summed E-state index contributed by atoms with van der Waals surface area (Å²) in [6, 6.07) is 10.8. The summed E-state index contributed by atoms with van der Waals surface area (Å²) in [6.45, 7) is 0. The number of hydrogen-bond acceptors (Lipinski definition) is 2. The quantitative estimate of drug-likeness (QED) is 0.252. The molecule has 0 spiro atoms. The van der Waals surface area contributed by atoms with E-state index in [4.69, 9.17) is 9.47 Å². The lowest BCUT2D eigenvalue weighted by Crippen LogP contribution is -3.00. The molecule has 0 saturated carbocycles. The number of para-hydroxylation sites is 2. The summed E-state index contributed by atoms with van der Waals surface area (Å²) in [7, 11) is 0. The minimum absolute atomic E-state index is 0. The number of hydrogen-bond donors (Lipinski definition) is 2. The summed E-state index contributed by atoms with van der Waals surface area (Å²) in [5, 5.41) is 0. The van der Waals surface area contributed by atoms with Crippen molar-refractivity contribution >= 4 is 11.4 Å². The Kier molecular flexibility index (Phi) is 9.56. The van der Waals surface area contributed by atoms with Gasteiger partial charge in [0.1, 0.15) is 0 Å². The van der Waals surface area contributed by atoms with Crippen LogP contribution in [0.5, 0.6) is 23.0 Å². The average Bonchev–Trinajstić information content (AvgIpc) is 2.86. The Bertz CT molecular complexity index is 1350. The Morgan fingerprint density at radius 3 is 0.947 bits per heavy atom. The van der Waals surface area contributed by atoms with Gasteiger partial charge >= 0.3 is 0 Å². The van der Waals surface area contributed by atoms with Crippen molar-refractivity contribution in [1.82, 2.24) is 0 Å². The van der Waals surface area contributed by atoms with Gasteiger partial charge in [-0.25, -0.2) is 17.6 Å². The van der Waals surface area contributed by atoms with Crippen molar-refractivity contribution in [3.05, 3.63) is 95.1 Å². The number of halogens is 10. The van der Waals surface area contributed by atoms with E-state index in [9.17, 15) is 35.1 Å². The molecule has 4 nitrogen and oxygen atoms in total. The van der Waals surface area contributed by atoms with Gasteiger partial charge in [-0.3, -0.25) is 0 Å². The van der Waals surface area contributed by atoms with Gasteiger partial charge in [0.05, 0.1) is 11.1 Å². The summed E-state index contributed by atoms with van der Waals surface area (Å²) < 4.78 is 128. The number of quaternary nitrogens is 2. The van der Waals surface area contributed by atoms with Crippen LogP contribution in [-0.4, -0.2) is 0 Å². The highest BCUT2D eigenvalue weighted by molar-refractivity contribution is 5.70. The highest BCUT2D eigenvalue weighted by atomic mass is 35.5. The summed E-state index contributed by atoms with van der Waals surface area (Å²) in [5.74, 6) is -22.1. The third-order valence-corrected chi connectivity index (χ3v) is 5.07. The highest BCUT2D eigenvalue weighted by Gasteiger charge is 2.36. The maximum Gasteiger partial charge on any atom is 0.205 e. The molecule has 0 radical (unpaired) electrons. The van der Waals surface area contributed by atoms with Crippen molar-refractivity contribution in [3.63, 3.8) is 0 Å². The molecule has 0 unspecified atom stereocenters. The largest absolute Gasteiger partial charge is 1.00 e. The molecule has 0 aliphatic carbocycles. The molecule has 4 aromatic rings. The summed E-state index contributed by atoms with van der Waals surface area (Å²) >= 11 is 0. The standard InChI is InChI=1S/C24H12F8N2O2.2ClH/c25-15-13(16(26)20(30)23(19(15)29)35-11-7-3-1-5-9(11)33)14-17(27)21(31)24(22(32)18(14)28)36-12-8-4-2-6-10(12)34;;/h1-8H,33-34H2;2*1H. The molecule has 0 heterocycles. The van der Waals surface area contributed by atoms with Crippen LogP contribution >= 0.6 is 0 Å². The summed E-state index contributed by atoms with van der Waals surface area (Å²) in [5.41, 5.74) is 3.14. The van der Waals surface area contributed by atoms with E-state index in [1.165, 1.54) is 48.5 Å². The first-order valence-electron chi connectivity index (χ1n) is 9.94. The topological polar surface area (TPSA) is 73.7 Å². The lowest BCUT2D eigenvalue weighted by molar-refractivity contribution is -0.256. The van der Waals surface area contributed by atoms with Gasteiger partial charge in [0.25, 0.3) is 0 Å². The van der Waals surface area contributed by atoms with E-state index in [-0.39, 0.29) is 47.7 Å². The molecule has 0 atom stereocenters. The van der Waals surface area contributed by atoms with Crippen LogP contribution in [-0.2, 0) is 0 Å². The maximum atomic E-state index is 14.8. The van der Waals surface area contributed by atoms with Crippen molar-refractivity contribution in [2.24, 2.45) is 0 Å². The van der Waals surface area contributed by atoms with Crippen molar-refractivity contribution in [2.75, 3.05) is 0 Å². The van der Waals surface area contributed by atoms with Gasteiger partial charge in [-0.15, -0.1) is 0 Å². The fraction of sp³-hybridized carbons (Fsp3) is 0. The summed E-state index contributed by atoms with van der Waals surface area (Å²) in [6.07, 6.45) is 0. The van der Waals surface area contributed by atoms with E-state index in [1.54, 1.807) is 0 Å². The molecule has 0 bridgehead atoms. The van der Waals surface area contributed by atoms with Gasteiger partial charge in [0.2, 0.25) is 34.8 Å². The van der Waals surface area contributed by atoms with E-state index in [0.717, 1.165) is 0 Å². The Morgan fingerprint density at radius 1 is 0.421 bits per heavy atom. The number of benzene rings is 4. The molecular weight excluding hydrogens is 571 g/mol. The molecule has 0 aliphatic rings. The number of rotatable bonds is 5. The molecule has 0 saturated heterocycles. The lowest BCUT2D eigenvalue weighted by atomic mass is 10.0. The second kappa shape index (κ2) is 11.9. The molecule has 0 aromatic heterocycles. The van der Waals surface area contributed by atoms with Crippen LogP contribution in [0.3, 0.4) is 0 Å². The average molecular weight is 585 g/mol. The fourth-order valence-electron chi connectivity index (χ4n) is 3.27. The van der Waals surface area contributed by atoms with Crippen LogP contribution in [0.25, 0.3) is 11.1 Å². The predicted octanol–water partition coefficient (Wildman–Crippen LogP) is -0.194. The smallest absolute Gasteiger partial charge is 0.205 e. The maximum absolute atomic E-state index is 14.8. The zero-order valence-electron chi connectivity index (χ0n) is 18.6. The van der Waals surface area contributed by atoms with Crippen molar-refractivity contribution in [2.45, 2.75) is 0 Å². The van der Waals surface area contributed by atoms with Crippen molar-refractivity contribution < 1.29 is 80.9 Å². The Hall–Kier alpha value is -3.58. The van der Waals surface area contributed by atoms with Gasteiger partial charge < -0.3 is 45.8 Å². The van der Waals surface area contributed by atoms with E-state index in [0.29, 0.717) is 0 Å². The Balaban J connectivity index is 0.00000253. The van der Waals surface area contributed by atoms with E-state index < -0.39 is 69.2 Å². The third-order valence-electron chi connectivity index (χ3n) is 5.07. The zero-order valence-corrected chi connectivity index (χ0v) is 20.1. The minimum Gasteiger partial charge on any atom is -1.00 e. The molecule has 0 amide bonds. The molecule has 4 rings (SSSR count). The van der Waals surface area contributed by atoms with Crippen LogP contribution in [0.1, 0.15) is 0 Å². The fourth-order valence-corrected chi connectivity index (χ4v) is 3.27. The van der Waals surface area contributed by atoms with E-state index in [1.807, 2.05) is 0 Å². The normalized spacial score (nSPS) is 10.5. The molecule has 0 fully saturated rings. The molecule has 38 heavy (non-hydrogen) atoms. The SMILES string of the molecule is [Cl-].[Cl-].[NH3+]c1ccccc1Oc1c(F)c(F)c(-c2c(F)c(F)c(Oc3ccccc3[NH3+])c(F)c2F)c(F)c1F. The third kappa shape index (κ3) is 5.20. The second-order valence-electron chi connectivity index (χ2n) is 7.34. The van der Waals surface area contributed by atoms with Crippen LogP contribution < -0.4 is 45.8 Å². The Labute approximate surface area is 221 Å². The lowest BCUT2D eigenvalue weighted by Gasteiger charge is -2.16. The van der Waals surface area contributed by atoms with E-state index >= 15 is 0 Å². The molecular formula is C24H14Cl2F8N2O2. The van der Waals surface area contributed by atoms with Gasteiger partial charge in [0.15, 0.2) is 46.1 Å². The van der Waals surface area contributed by atoms with Gasteiger partial charge in [-0.05, 0) is 12.1 Å². The van der Waals surface area contributed by atoms with Gasteiger partial charge in [-0.2, -0.15) is 17.6 Å². The number of ether oxygens (including phenoxy) is 2. The van der Waals surface area contributed by atoms with Crippen LogP contribution in [0.4, 0.5) is 46.5 Å². The van der Waals surface area contributed by atoms with Crippen LogP contribution in [0.15, 0.2) is 48.5 Å². The predicted molar refractivity (Wildman–Crippen MR) is 110 cm³/mol. The van der Waals surface area contributed by atoms with Gasteiger partial charge in [-0.1, -0.05) is 24.3 Å². The van der Waals surface area contributed by atoms with Crippen molar-refractivity contribution in [1.29, 1.82) is 0 Å². The van der Waals surface area contributed by atoms with Crippen LogP contribution in [0, 0.1) is 46.5 Å². The zero-order chi connectivity index (χ0) is 26.3. The minimum atomic E-state index is -2.36. The molecule has 202 valence electrons. The Morgan fingerprint density at radius 2 is 0.684 bits per heavy atom. The molecule has 4 aromatic carbocycles. The molecule has 14 heteroatoms. The molecule has 6 N–H and O–H groups in total. The van der Waals surface area contributed by atoms with E-state index in [2.05, 4.69) is 11.5 Å². The van der Waals surface area contributed by atoms with Crippen molar-refractivity contribution in [3.8, 4) is 34.1 Å². The first-order chi connectivity index (χ1) is 17.0. The van der Waals surface area contributed by atoms with Crippen LogP contribution in [0.2, 0.25) is 0 Å². The second-order valence-corrected chi connectivity index (χ2v) is 7.34. The summed E-state index contributed by atoms with van der Waals surface area (Å²) in [4.78, 5) is 0. The monoisotopic (exact) mass is 584 g/mol. The highest BCUT2D eigenvalue weighted by Crippen LogP contribution is 2.43. The first-order valence-corrected chi connectivity index (χ1v) is 9.94. The van der Waals surface area contributed by atoms with Gasteiger partial charge in [0, 0.05) is 12.1 Å².